The Morgan fingerprint density at radius 1 is 1.12 bits per heavy atom. The molecular weight excluding hydrogens is 334 g/mol. The van der Waals surface area contributed by atoms with E-state index in [-0.39, 0.29) is 17.4 Å². The van der Waals surface area contributed by atoms with Crippen molar-refractivity contribution in [2.24, 2.45) is 0 Å². The van der Waals surface area contributed by atoms with E-state index in [2.05, 4.69) is 5.32 Å². The lowest BCUT2D eigenvalue weighted by Gasteiger charge is -2.34. The van der Waals surface area contributed by atoms with Crippen LogP contribution in [0.4, 0.5) is 0 Å². The first kappa shape index (κ1) is 16.8. The smallest absolute Gasteiger partial charge is 0.349 e. The third-order valence-electron chi connectivity index (χ3n) is 4.84. The van der Waals surface area contributed by atoms with Gasteiger partial charge in [-0.2, -0.15) is 0 Å². The van der Waals surface area contributed by atoms with Crippen molar-refractivity contribution >= 4 is 22.8 Å². The van der Waals surface area contributed by atoms with Gasteiger partial charge in [-0.15, -0.1) is 0 Å². The molecule has 7 heteroatoms. The molecule has 136 valence electrons. The van der Waals surface area contributed by atoms with E-state index >= 15 is 0 Å². The third kappa shape index (κ3) is 3.62. The van der Waals surface area contributed by atoms with Gasteiger partial charge in [-0.1, -0.05) is 18.2 Å². The van der Waals surface area contributed by atoms with Crippen LogP contribution in [0.3, 0.4) is 0 Å². The Morgan fingerprint density at radius 3 is 2.58 bits per heavy atom. The molecule has 0 bridgehead atoms. The van der Waals surface area contributed by atoms with Gasteiger partial charge in [-0.25, -0.2) is 4.79 Å². The minimum absolute atomic E-state index is 0.0439. The molecule has 1 aliphatic carbocycles. The maximum atomic E-state index is 12.7. The number of piperazine rings is 1. The SMILES string of the molecule is O=C(CN1CCN(C(=O)c2cc3ccccc3oc2=O)CC1)NC1CC1. The normalized spacial score (nSPS) is 18.1. The van der Waals surface area contributed by atoms with Gasteiger partial charge >= 0.3 is 5.63 Å². The first-order valence-corrected chi connectivity index (χ1v) is 8.94. The molecule has 1 saturated heterocycles. The van der Waals surface area contributed by atoms with Gasteiger partial charge in [-0.05, 0) is 25.0 Å². The van der Waals surface area contributed by atoms with Crippen LogP contribution in [0.2, 0.25) is 0 Å². The van der Waals surface area contributed by atoms with Crippen molar-refractivity contribution in [3.05, 3.63) is 46.3 Å². The van der Waals surface area contributed by atoms with E-state index in [1.54, 1.807) is 23.1 Å². The molecule has 1 N–H and O–H groups in total. The van der Waals surface area contributed by atoms with Crippen LogP contribution in [0, 0.1) is 0 Å². The molecule has 2 aliphatic rings. The number of carbonyl (C=O) groups is 2. The summed E-state index contributed by atoms with van der Waals surface area (Å²) in [6, 6.07) is 9.09. The number of fused-ring (bicyclic) bond motifs is 1. The van der Waals surface area contributed by atoms with E-state index in [9.17, 15) is 14.4 Å². The predicted octanol–water partition coefficient (Wildman–Crippen LogP) is 0.829. The van der Waals surface area contributed by atoms with E-state index < -0.39 is 5.63 Å². The fourth-order valence-corrected chi connectivity index (χ4v) is 3.19. The Hall–Kier alpha value is -2.67. The summed E-state index contributed by atoms with van der Waals surface area (Å²) in [4.78, 5) is 40.4. The molecule has 2 heterocycles. The number of hydrogen-bond donors (Lipinski definition) is 1. The average Bonchev–Trinajstić information content (AvgIpc) is 3.45. The zero-order valence-electron chi connectivity index (χ0n) is 14.4. The van der Waals surface area contributed by atoms with E-state index in [1.807, 2.05) is 17.0 Å². The molecule has 7 nitrogen and oxygen atoms in total. The van der Waals surface area contributed by atoms with Crippen molar-refractivity contribution < 1.29 is 14.0 Å². The van der Waals surface area contributed by atoms with Gasteiger partial charge in [0.05, 0.1) is 6.54 Å². The highest BCUT2D eigenvalue weighted by Gasteiger charge is 2.27. The molecule has 26 heavy (non-hydrogen) atoms. The van der Waals surface area contributed by atoms with Crippen molar-refractivity contribution in [2.45, 2.75) is 18.9 Å². The van der Waals surface area contributed by atoms with Crippen LogP contribution in [-0.2, 0) is 4.79 Å². The lowest BCUT2D eigenvalue weighted by atomic mass is 10.1. The number of nitrogens with zero attached hydrogens (tertiary/aromatic N) is 2. The molecule has 1 aromatic carbocycles. The second-order valence-electron chi connectivity index (χ2n) is 6.90. The van der Waals surface area contributed by atoms with Crippen LogP contribution >= 0.6 is 0 Å². The summed E-state index contributed by atoms with van der Waals surface area (Å²) < 4.78 is 5.25. The minimum Gasteiger partial charge on any atom is -0.422 e. The third-order valence-corrected chi connectivity index (χ3v) is 4.84. The molecule has 2 fully saturated rings. The maximum Gasteiger partial charge on any atom is 0.349 e. The molecule has 4 rings (SSSR count). The van der Waals surface area contributed by atoms with Gasteiger partial charge in [0.15, 0.2) is 0 Å². The Labute approximate surface area is 150 Å². The van der Waals surface area contributed by atoms with Gasteiger partial charge in [-0.3, -0.25) is 14.5 Å². The Morgan fingerprint density at radius 2 is 1.85 bits per heavy atom. The summed E-state index contributed by atoms with van der Waals surface area (Å²) in [5, 5.41) is 3.70. The van der Waals surface area contributed by atoms with Crippen LogP contribution in [-0.4, -0.2) is 60.4 Å². The topological polar surface area (TPSA) is 82.9 Å². The number of amides is 2. The Balaban J connectivity index is 1.39. The second kappa shape index (κ2) is 6.92. The monoisotopic (exact) mass is 355 g/mol. The molecule has 0 spiro atoms. The van der Waals surface area contributed by atoms with Crippen LogP contribution in [0.1, 0.15) is 23.2 Å². The molecule has 1 aromatic heterocycles. The quantitative estimate of drug-likeness (QED) is 0.822. The molecule has 1 aliphatic heterocycles. The van der Waals surface area contributed by atoms with Crippen LogP contribution in [0.15, 0.2) is 39.5 Å². The van der Waals surface area contributed by atoms with Crippen molar-refractivity contribution in [1.82, 2.24) is 15.1 Å². The summed E-state index contributed by atoms with van der Waals surface area (Å²) >= 11 is 0. The van der Waals surface area contributed by atoms with Gasteiger partial charge in [0, 0.05) is 37.6 Å². The fraction of sp³-hybridized carbons (Fsp3) is 0.421. The van der Waals surface area contributed by atoms with Gasteiger partial charge < -0.3 is 14.6 Å². The van der Waals surface area contributed by atoms with Crippen molar-refractivity contribution in [3.8, 4) is 0 Å². The summed E-state index contributed by atoms with van der Waals surface area (Å²) in [5.41, 5.74) is -0.0795. The number of hydrogen-bond acceptors (Lipinski definition) is 5. The highest BCUT2D eigenvalue weighted by molar-refractivity contribution is 5.96. The number of rotatable bonds is 4. The minimum atomic E-state index is -0.611. The second-order valence-corrected chi connectivity index (χ2v) is 6.90. The van der Waals surface area contributed by atoms with E-state index in [0.29, 0.717) is 44.3 Å². The molecule has 2 aromatic rings. The molecular formula is C19H21N3O4. The van der Waals surface area contributed by atoms with Crippen LogP contribution < -0.4 is 10.9 Å². The number of nitrogens with one attached hydrogen (secondary N) is 1. The summed E-state index contributed by atoms with van der Waals surface area (Å²) in [6.07, 6.45) is 2.14. The van der Waals surface area contributed by atoms with Crippen LogP contribution in [0.5, 0.6) is 0 Å². The number of carbonyl (C=O) groups excluding carboxylic acids is 2. The molecule has 0 radical (unpaired) electrons. The molecule has 2 amide bonds. The zero-order chi connectivity index (χ0) is 18.1. The maximum absolute atomic E-state index is 12.7. The van der Waals surface area contributed by atoms with E-state index in [1.165, 1.54) is 0 Å². The molecule has 1 saturated carbocycles. The summed E-state index contributed by atoms with van der Waals surface area (Å²) in [7, 11) is 0. The zero-order valence-corrected chi connectivity index (χ0v) is 14.4. The van der Waals surface area contributed by atoms with E-state index in [0.717, 1.165) is 18.2 Å². The summed E-state index contributed by atoms with van der Waals surface area (Å²) in [5.74, 6) is -0.269. The van der Waals surface area contributed by atoms with Crippen molar-refractivity contribution in [2.75, 3.05) is 32.7 Å². The Bertz CT molecular complexity index is 895. The predicted molar refractivity (Wildman–Crippen MR) is 96.0 cm³/mol. The van der Waals surface area contributed by atoms with Gasteiger partial charge in [0.25, 0.3) is 5.91 Å². The van der Waals surface area contributed by atoms with E-state index in [4.69, 9.17) is 4.42 Å². The lowest BCUT2D eigenvalue weighted by molar-refractivity contribution is -0.122. The fourth-order valence-electron chi connectivity index (χ4n) is 3.19. The van der Waals surface area contributed by atoms with Gasteiger partial charge in [0.2, 0.25) is 5.91 Å². The van der Waals surface area contributed by atoms with Crippen LogP contribution in [0.25, 0.3) is 11.0 Å². The number of benzene rings is 1. The highest BCUT2D eigenvalue weighted by atomic mass is 16.4. The largest absolute Gasteiger partial charge is 0.422 e. The lowest BCUT2D eigenvalue weighted by Crippen LogP contribution is -2.51. The first-order chi connectivity index (χ1) is 12.6. The first-order valence-electron chi connectivity index (χ1n) is 8.94. The Kier molecular flexibility index (Phi) is 4.46. The average molecular weight is 355 g/mol. The number of para-hydroxylation sites is 1. The highest BCUT2D eigenvalue weighted by Crippen LogP contribution is 2.18. The summed E-state index contributed by atoms with van der Waals surface area (Å²) in [6.45, 7) is 2.56. The van der Waals surface area contributed by atoms with Crippen molar-refractivity contribution in [3.63, 3.8) is 0 Å². The standard InChI is InChI=1S/C19H21N3O4/c23-17(20-14-5-6-14)12-21-7-9-22(10-8-21)18(24)15-11-13-3-1-2-4-16(13)26-19(15)25/h1-4,11,14H,5-10,12H2,(H,20,23). The van der Waals surface area contributed by atoms with Crippen molar-refractivity contribution in [1.29, 1.82) is 0 Å². The molecule has 0 atom stereocenters. The molecule has 0 unspecified atom stereocenters. The van der Waals surface area contributed by atoms with Gasteiger partial charge in [0.1, 0.15) is 11.1 Å².